The van der Waals surface area contributed by atoms with E-state index in [-0.39, 0.29) is 0 Å². The van der Waals surface area contributed by atoms with Gasteiger partial charge >= 0.3 is 0 Å². The summed E-state index contributed by atoms with van der Waals surface area (Å²) in [6, 6.07) is 0. The zero-order valence-corrected chi connectivity index (χ0v) is 5.88. The zero-order valence-electron chi connectivity index (χ0n) is 4.16. The van der Waals surface area contributed by atoms with Gasteiger partial charge in [-0.15, -0.1) is 0 Å². The van der Waals surface area contributed by atoms with Crippen LogP contribution in [0.2, 0.25) is 0 Å². The minimum absolute atomic E-state index is 0.377. The maximum Gasteiger partial charge on any atom is 0.183 e. The Morgan fingerprint density at radius 2 is 2.00 bits per heavy atom. The average Bonchev–Trinajstić information content (AvgIpc) is 1.30. The molecule has 44 valence electrons. The van der Waals surface area contributed by atoms with Crippen molar-refractivity contribution in [3.63, 3.8) is 0 Å². The summed E-state index contributed by atoms with van der Waals surface area (Å²) in [4.78, 5) is 17.0. The minimum Gasteiger partial charge on any atom is -0.345 e. The Balaban J connectivity index is 3.36. The average molecular weight is 140 g/mol. The summed E-state index contributed by atoms with van der Waals surface area (Å²) in [5.74, 6) is 0. The van der Waals surface area contributed by atoms with E-state index in [0.717, 1.165) is 6.42 Å². The molecule has 4 heteroatoms. The summed E-state index contributed by atoms with van der Waals surface area (Å²) in [7, 11) is 0. The molecule has 0 atom stereocenters. The van der Waals surface area contributed by atoms with Gasteiger partial charge < -0.3 is 9.79 Å². The largest absolute Gasteiger partial charge is 0.345 e. The van der Waals surface area contributed by atoms with Crippen molar-refractivity contribution in [3.8, 4) is 0 Å². The van der Waals surface area contributed by atoms with Crippen molar-refractivity contribution < 1.29 is 9.79 Å². The van der Waals surface area contributed by atoms with Gasteiger partial charge in [0, 0.05) is 6.16 Å². The van der Waals surface area contributed by atoms with Gasteiger partial charge in [0.1, 0.15) is 0 Å². The standard InChI is InChI=1S/C3H9O2PS/c1-2-3-6(4,5)7/h2-3H2,1H3,(H2,4,5,7). The topological polar surface area (TPSA) is 40.5 Å². The number of hydrogen-bond donors (Lipinski definition) is 2. The first kappa shape index (κ1) is 7.57. The molecule has 0 fully saturated rings. The molecule has 0 aromatic rings. The second-order valence-electron chi connectivity index (χ2n) is 1.39. The molecule has 0 radical (unpaired) electrons. The zero-order chi connectivity index (χ0) is 5.91. The lowest BCUT2D eigenvalue weighted by molar-refractivity contribution is 0.478. The van der Waals surface area contributed by atoms with E-state index in [0.29, 0.717) is 6.16 Å². The molecule has 0 aliphatic carbocycles. The fourth-order valence-electron chi connectivity index (χ4n) is 0.291. The van der Waals surface area contributed by atoms with E-state index < -0.39 is 6.49 Å². The molecule has 0 aromatic heterocycles. The van der Waals surface area contributed by atoms with Crippen LogP contribution in [-0.4, -0.2) is 15.9 Å². The number of rotatable bonds is 2. The molecule has 0 bridgehead atoms. The van der Waals surface area contributed by atoms with Crippen LogP contribution in [0.1, 0.15) is 13.3 Å². The molecule has 7 heavy (non-hydrogen) atoms. The minimum atomic E-state index is -2.83. The van der Waals surface area contributed by atoms with Crippen LogP contribution in [0.4, 0.5) is 0 Å². The summed E-state index contributed by atoms with van der Waals surface area (Å²) < 4.78 is 0. The van der Waals surface area contributed by atoms with Crippen molar-refractivity contribution in [3.05, 3.63) is 0 Å². The smallest absolute Gasteiger partial charge is 0.183 e. The molecular weight excluding hydrogens is 131 g/mol. The summed E-state index contributed by atoms with van der Waals surface area (Å²) >= 11 is 4.31. The normalized spacial score (nSPS) is 11.9. The van der Waals surface area contributed by atoms with Crippen LogP contribution in [0.25, 0.3) is 0 Å². The Kier molecular flexibility index (Phi) is 3.00. The second-order valence-corrected chi connectivity index (χ2v) is 4.92. The first-order chi connectivity index (χ1) is 3.06. The third kappa shape index (κ3) is 6.57. The van der Waals surface area contributed by atoms with Crippen LogP contribution in [0, 0.1) is 0 Å². The Morgan fingerprint density at radius 3 is 2.00 bits per heavy atom. The lowest BCUT2D eigenvalue weighted by Gasteiger charge is -2.01. The number of hydrogen-bond acceptors (Lipinski definition) is 1. The first-order valence-corrected chi connectivity index (χ1v) is 5.00. The van der Waals surface area contributed by atoms with Crippen molar-refractivity contribution in [1.82, 2.24) is 0 Å². The van der Waals surface area contributed by atoms with Crippen LogP contribution in [0.15, 0.2) is 0 Å². The lowest BCUT2D eigenvalue weighted by atomic mass is 10.6. The summed E-state index contributed by atoms with van der Waals surface area (Å²) in [5.41, 5.74) is 0. The van der Waals surface area contributed by atoms with Gasteiger partial charge in [-0.1, -0.05) is 6.92 Å². The fourth-order valence-corrected chi connectivity index (χ4v) is 1.42. The highest BCUT2D eigenvalue weighted by Gasteiger charge is 2.02. The van der Waals surface area contributed by atoms with Crippen LogP contribution in [-0.2, 0) is 11.8 Å². The van der Waals surface area contributed by atoms with Crippen molar-refractivity contribution in [2.24, 2.45) is 0 Å². The Bertz CT molecular complexity index is 86.9. The molecule has 0 aliphatic rings. The molecule has 0 saturated carbocycles. The van der Waals surface area contributed by atoms with Crippen LogP contribution in [0.5, 0.6) is 0 Å². The molecule has 0 aliphatic heterocycles. The molecule has 0 amide bonds. The van der Waals surface area contributed by atoms with Gasteiger partial charge in [0.15, 0.2) is 6.49 Å². The maximum absolute atomic E-state index is 8.50. The van der Waals surface area contributed by atoms with E-state index in [9.17, 15) is 0 Å². The highest BCUT2D eigenvalue weighted by Crippen LogP contribution is 2.34. The third-order valence-corrected chi connectivity index (χ3v) is 2.09. The van der Waals surface area contributed by atoms with Gasteiger partial charge in [0.2, 0.25) is 0 Å². The van der Waals surface area contributed by atoms with Crippen LogP contribution in [0.3, 0.4) is 0 Å². The van der Waals surface area contributed by atoms with Crippen molar-refractivity contribution in [1.29, 1.82) is 0 Å². The molecule has 0 heterocycles. The van der Waals surface area contributed by atoms with Crippen LogP contribution >= 0.6 is 6.49 Å². The summed E-state index contributed by atoms with van der Waals surface area (Å²) in [6.07, 6.45) is 1.13. The van der Waals surface area contributed by atoms with E-state index in [2.05, 4.69) is 11.8 Å². The van der Waals surface area contributed by atoms with Crippen LogP contribution < -0.4 is 0 Å². The van der Waals surface area contributed by atoms with Gasteiger partial charge in [0.05, 0.1) is 0 Å². The monoisotopic (exact) mass is 140 g/mol. The van der Waals surface area contributed by atoms with Gasteiger partial charge in [-0.25, -0.2) is 0 Å². The Labute approximate surface area is 48.4 Å². The van der Waals surface area contributed by atoms with Gasteiger partial charge in [-0.05, 0) is 18.2 Å². The summed E-state index contributed by atoms with van der Waals surface area (Å²) in [5, 5.41) is 0. The molecule has 0 spiro atoms. The highest BCUT2D eigenvalue weighted by atomic mass is 32.5. The van der Waals surface area contributed by atoms with E-state index in [1.807, 2.05) is 6.92 Å². The van der Waals surface area contributed by atoms with Crippen molar-refractivity contribution in [2.45, 2.75) is 13.3 Å². The SMILES string of the molecule is CCCP(O)(O)=S. The lowest BCUT2D eigenvalue weighted by Crippen LogP contribution is -1.81. The molecule has 0 saturated heterocycles. The quantitative estimate of drug-likeness (QED) is 0.554. The van der Waals surface area contributed by atoms with Crippen molar-refractivity contribution >= 4 is 18.3 Å². The highest BCUT2D eigenvalue weighted by molar-refractivity contribution is 8.09. The molecule has 2 N–H and O–H groups in total. The first-order valence-electron chi connectivity index (χ1n) is 2.11. The molecule has 0 unspecified atom stereocenters. The molecule has 0 aromatic carbocycles. The van der Waals surface area contributed by atoms with E-state index in [4.69, 9.17) is 9.79 Å². The maximum atomic E-state index is 8.50. The van der Waals surface area contributed by atoms with Gasteiger partial charge in [0.25, 0.3) is 0 Å². The Morgan fingerprint density at radius 1 is 1.57 bits per heavy atom. The van der Waals surface area contributed by atoms with E-state index in [1.165, 1.54) is 0 Å². The fraction of sp³-hybridized carbons (Fsp3) is 1.00. The predicted octanol–water partition coefficient (Wildman–Crippen LogP) is 0.690. The van der Waals surface area contributed by atoms with Gasteiger partial charge in [-0.3, -0.25) is 0 Å². The second kappa shape index (κ2) is 2.78. The Hall–Kier alpha value is 0.570. The third-order valence-electron chi connectivity index (χ3n) is 0.515. The molecule has 2 nitrogen and oxygen atoms in total. The molecule has 0 rings (SSSR count). The van der Waals surface area contributed by atoms with E-state index in [1.54, 1.807) is 0 Å². The predicted molar refractivity (Wildman–Crippen MR) is 33.9 cm³/mol. The summed E-state index contributed by atoms with van der Waals surface area (Å²) in [6.45, 7) is -0.964. The van der Waals surface area contributed by atoms with Gasteiger partial charge in [-0.2, -0.15) is 0 Å². The van der Waals surface area contributed by atoms with Crippen molar-refractivity contribution in [2.75, 3.05) is 6.16 Å². The molecular formula is C3H9O2PS. The van der Waals surface area contributed by atoms with E-state index >= 15 is 0 Å².